The van der Waals surface area contributed by atoms with Gasteiger partial charge in [-0.1, -0.05) is 30.1 Å². The highest BCUT2D eigenvalue weighted by Crippen LogP contribution is 2.26. The van der Waals surface area contributed by atoms with Crippen molar-refractivity contribution in [3.63, 3.8) is 0 Å². The molecule has 0 saturated heterocycles. The Morgan fingerprint density at radius 3 is 2.71 bits per heavy atom. The van der Waals surface area contributed by atoms with Gasteiger partial charge in [0.05, 0.1) is 0 Å². The lowest BCUT2D eigenvalue weighted by molar-refractivity contribution is 1.12. The Bertz CT molecular complexity index is 301. The standard InChI is InChI=1S/C10H11Cl3S/c1-7(5-11)14-6-8-4-9(12)2-3-10(8)13/h2-4,7H,5-6H2,1H3. The van der Waals surface area contributed by atoms with Gasteiger partial charge in [0, 0.05) is 26.9 Å². The summed E-state index contributed by atoms with van der Waals surface area (Å²) in [4.78, 5) is 0. The van der Waals surface area contributed by atoms with Crippen molar-refractivity contribution in [1.82, 2.24) is 0 Å². The Morgan fingerprint density at radius 2 is 2.07 bits per heavy atom. The molecule has 1 unspecified atom stereocenters. The molecule has 0 radical (unpaired) electrons. The molecular formula is C10H11Cl3S. The average molecular weight is 270 g/mol. The van der Waals surface area contributed by atoms with Gasteiger partial charge in [-0.2, -0.15) is 11.8 Å². The fourth-order valence-corrected chi connectivity index (χ4v) is 2.45. The molecule has 78 valence electrons. The molecule has 0 fully saturated rings. The van der Waals surface area contributed by atoms with Gasteiger partial charge in [0.15, 0.2) is 0 Å². The Labute approximate surface area is 104 Å². The van der Waals surface area contributed by atoms with E-state index in [0.717, 1.165) is 21.4 Å². The highest BCUT2D eigenvalue weighted by molar-refractivity contribution is 7.99. The molecule has 1 rings (SSSR count). The van der Waals surface area contributed by atoms with Gasteiger partial charge >= 0.3 is 0 Å². The SMILES string of the molecule is CC(CCl)SCc1cc(Cl)ccc1Cl. The van der Waals surface area contributed by atoms with Crippen molar-refractivity contribution in [2.45, 2.75) is 17.9 Å². The van der Waals surface area contributed by atoms with Crippen molar-refractivity contribution < 1.29 is 0 Å². The van der Waals surface area contributed by atoms with Crippen molar-refractivity contribution in [2.75, 3.05) is 5.88 Å². The van der Waals surface area contributed by atoms with Gasteiger partial charge < -0.3 is 0 Å². The van der Waals surface area contributed by atoms with Crippen LogP contribution in [0.3, 0.4) is 0 Å². The van der Waals surface area contributed by atoms with Gasteiger partial charge in [-0.15, -0.1) is 11.6 Å². The van der Waals surface area contributed by atoms with Crippen LogP contribution >= 0.6 is 46.6 Å². The van der Waals surface area contributed by atoms with Crippen LogP contribution in [0.25, 0.3) is 0 Å². The summed E-state index contributed by atoms with van der Waals surface area (Å²) in [6.07, 6.45) is 0. The summed E-state index contributed by atoms with van der Waals surface area (Å²) in [7, 11) is 0. The van der Waals surface area contributed by atoms with E-state index in [4.69, 9.17) is 34.8 Å². The summed E-state index contributed by atoms with van der Waals surface area (Å²) >= 11 is 19.4. The first kappa shape index (κ1) is 12.5. The van der Waals surface area contributed by atoms with Crippen molar-refractivity contribution in [2.24, 2.45) is 0 Å². The van der Waals surface area contributed by atoms with E-state index in [1.54, 1.807) is 17.8 Å². The quantitative estimate of drug-likeness (QED) is 0.704. The molecule has 0 saturated carbocycles. The molecule has 1 aromatic rings. The summed E-state index contributed by atoms with van der Waals surface area (Å²) in [5.74, 6) is 1.51. The molecule has 0 heterocycles. The predicted octanol–water partition coefficient (Wildman–Crippen LogP) is 4.85. The van der Waals surface area contributed by atoms with Crippen molar-refractivity contribution in [3.05, 3.63) is 33.8 Å². The summed E-state index contributed by atoms with van der Waals surface area (Å²) in [5, 5.41) is 1.93. The van der Waals surface area contributed by atoms with E-state index in [1.165, 1.54) is 0 Å². The zero-order chi connectivity index (χ0) is 10.6. The minimum absolute atomic E-state index is 0.437. The number of alkyl halides is 1. The van der Waals surface area contributed by atoms with E-state index in [0.29, 0.717) is 11.1 Å². The van der Waals surface area contributed by atoms with Crippen molar-refractivity contribution in [1.29, 1.82) is 0 Å². The second-order valence-corrected chi connectivity index (χ2v) is 5.59. The van der Waals surface area contributed by atoms with Gasteiger partial charge in [-0.3, -0.25) is 0 Å². The molecule has 14 heavy (non-hydrogen) atoms. The number of hydrogen-bond donors (Lipinski definition) is 0. The lowest BCUT2D eigenvalue weighted by Crippen LogP contribution is -1.97. The van der Waals surface area contributed by atoms with E-state index in [1.807, 2.05) is 12.1 Å². The van der Waals surface area contributed by atoms with E-state index in [9.17, 15) is 0 Å². The van der Waals surface area contributed by atoms with Gasteiger partial charge in [-0.25, -0.2) is 0 Å². The highest BCUT2D eigenvalue weighted by atomic mass is 35.5. The maximum Gasteiger partial charge on any atom is 0.0447 e. The molecule has 0 aromatic heterocycles. The highest BCUT2D eigenvalue weighted by Gasteiger charge is 2.05. The first-order valence-corrected chi connectivity index (χ1v) is 6.59. The third-order valence-corrected chi connectivity index (χ3v) is 4.21. The van der Waals surface area contributed by atoms with Crippen LogP contribution in [0.5, 0.6) is 0 Å². The number of rotatable bonds is 4. The Balaban J connectivity index is 2.62. The maximum atomic E-state index is 6.02. The zero-order valence-corrected chi connectivity index (χ0v) is 10.9. The number of hydrogen-bond acceptors (Lipinski definition) is 1. The molecule has 1 aromatic carbocycles. The lowest BCUT2D eigenvalue weighted by Gasteiger charge is -2.08. The van der Waals surface area contributed by atoms with Gasteiger partial charge in [0.2, 0.25) is 0 Å². The second kappa shape index (κ2) is 6.12. The first-order valence-electron chi connectivity index (χ1n) is 4.25. The predicted molar refractivity (Wildman–Crippen MR) is 67.9 cm³/mol. The van der Waals surface area contributed by atoms with E-state index in [2.05, 4.69) is 6.92 Å². The topological polar surface area (TPSA) is 0 Å². The van der Waals surface area contributed by atoms with E-state index in [-0.39, 0.29) is 0 Å². The Kier molecular flexibility index (Phi) is 5.47. The summed E-state index contributed by atoms with van der Waals surface area (Å²) < 4.78 is 0. The van der Waals surface area contributed by atoms with Crippen LogP contribution in [0.1, 0.15) is 12.5 Å². The Hall–Kier alpha value is 0.440. The van der Waals surface area contributed by atoms with Crippen LogP contribution in [0.15, 0.2) is 18.2 Å². The number of benzene rings is 1. The fraction of sp³-hybridized carbons (Fsp3) is 0.400. The molecular weight excluding hydrogens is 259 g/mol. The molecule has 0 spiro atoms. The van der Waals surface area contributed by atoms with E-state index >= 15 is 0 Å². The van der Waals surface area contributed by atoms with Gasteiger partial charge in [-0.05, 0) is 23.8 Å². The lowest BCUT2D eigenvalue weighted by atomic mass is 10.2. The first-order chi connectivity index (χ1) is 6.63. The Morgan fingerprint density at radius 1 is 1.36 bits per heavy atom. The molecule has 0 N–H and O–H groups in total. The van der Waals surface area contributed by atoms with Crippen LogP contribution < -0.4 is 0 Å². The summed E-state index contributed by atoms with van der Waals surface area (Å²) in [6, 6.07) is 5.52. The van der Waals surface area contributed by atoms with Crippen LogP contribution in [0.4, 0.5) is 0 Å². The normalized spacial score (nSPS) is 12.9. The minimum Gasteiger partial charge on any atom is -0.153 e. The number of thioether (sulfide) groups is 1. The molecule has 0 bridgehead atoms. The smallest absolute Gasteiger partial charge is 0.0447 e. The van der Waals surface area contributed by atoms with Crippen LogP contribution in [-0.2, 0) is 5.75 Å². The maximum absolute atomic E-state index is 6.02. The van der Waals surface area contributed by atoms with Crippen molar-refractivity contribution in [3.8, 4) is 0 Å². The van der Waals surface area contributed by atoms with Crippen molar-refractivity contribution >= 4 is 46.6 Å². The van der Waals surface area contributed by atoms with Crippen LogP contribution in [0.2, 0.25) is 10.0 Å². The van der Waals surface area contributed by atoms with Crippen LogP contribution in [0, 0.1) is 0 Å². The molecule has 0 aliphatic heterocycles. The molecule has 4 heteroatoms. The molecule has 0 aliphatic rings. The summed E-state index contributed by atoms with van der Waals surface area (Å²) in [5.41, 5.74) is 1.07. The summed E-state index contributed by atoms with van der Waals surface area (Å²) in [6.45, 7) is 2.09. The molecule has 0 aliphatic carbocycles. The number of halogens is 3. The molecule has 0 amide bonds. The zero-order valence-electron chi connectivity index (χ0n) is 7.77. The van der Waals surface area contributed by atoms with E-state index < -0.39 is 0 Å². The molecule has 0 nitrogen and oxygen atoms in total. The van der Waals surface area contributed by atoms with Crippen LogP contribution in [-0.4, -0.2) is 11.1 Å². The average Bonchev–Trinajstić information content (AvgIpc) is 2.19. The van der Waals surface area contributed by atoms with Gasteiger partial charge in [0.25, 0.3) is 0 Å². The minimum atomic E-state index is 0.437. The molecule has 1 atom stereocenters. The van der Waals surface area contributed by atoms with Gasteiger partial charge in [0.1, 0.15) is 0 Å². The largest absolute Gasteiger partial charge is 0.153 e. The monoisotopic (exact) mass is 268 g/mol. The third kappa shape index (κ3) is 3.90. The second-order valence-electron chi connectivity index (χ2n) is 3.01. The third-order valence-electron chi connectivity index (χ3n) is 1.75. The fourth-order valence-electron chi connectivity index (χ4n) is 0.931.